The zero-order chi connectivity index (χ0) is 12.3. The Kier molecular flexibility index (Phi) is 3.44. The van der Waals surface area contributed by atoms with Gasteiger partial charge in [-0.2, -0.15) is 0 Å². The van der Waals surface area contributed by atoms with Crippen LogP contribution in [0.15, 0.2) is 36.4 Å². The zero-order valence-corrected chi connectivity index (χ0v) is 10.3. The number of benzene rings is 1. The molecule has 17 heavy (non-hydrogen) atoms. The van der Waals surface area contributed by atoms with Gasteiger partial charge in [0.1, 0.15) is 5.75 Å². The summed E-state index contributed by atoms with van der Waals surface area (Å²) in [7, 11) is 0. The zero-order valence-electron chi connectivity index (χ0n) is 9.43. The minimum atomic E-state index is -0.0774. The predicted molar refractivity (Wildman–Crippen MR) is 68.3 cm³/mol. The van der Waals surface area contributed by atoms with E-state index >= 15 is 0 Å². The van der Waals surface area contributed by atoms with Crippen molar-refractivity contribution in [2.24, 2.45) is 0 Å². The second-order valence-electron chi connectivity index (χ2n) is 3.76. The van der Waals surface area contributed by atoms with Gasteiger partial charge in [0.05, 0.1) is 4.88 Å². The van der Waals surface area contributed by atoms with E-state index in [2.05, 4.69) is 5.32 Å². The summed E-state index contributed by atoms with van der Waals surface area (Å²) in [4.78, 5) is 13.6. The van der Waals surface area contributed by atoms with Crippen LogP contribution in [0.5, 0.6) is 5.75 Å². The molecule has 0 bridgehead atoms. The van der Waals surface area contributed by atoms with E-state index in [0.717, 1.165) is 10.4 Å². The second-order valence-corrected chi connectivity index (χ2v) is 5.05. The smallest absolute Gasteiger partial charge is 0.261 e. The van der Waals surface area contributed by atoms with E-state index in [-0.39, 0.29) is 11.7 Å². The Labute approximate surface area is 104 Å². The Balaban J connectivity index is 1.97. The Bertz CT molecular complexity index is 534. The molecule has 2 rings (SSSR count). The Morgan fingerprint density at radius 2 is 2.18 bits per heavy atom. The molecule has 0 fully saturated rings. The summed E-state index contributed by atoms with van der Waals surface area (Å²) in [6.07, 6.45) is 0. The Morgan fingerprint density at radius 3 is 2.82 bits per heavy atom. The molecule has 88 valence electrons. The first-order valence-electron chi connectivity index (χ1n) is 5.28. The minimum absolute atomic E-state index is 0.0774. The van der Waals surface area contributed by atoms with Crippen LogP contribution < -0.4 is 5.32 Å². The topological polar surface area (TPSA) is 49.3 Å². The summed E-state index contributed by atoms with van der Waals surface area (Å²) in [5, 5.41) is 12.1. The third-order valence-corrected chi connectivity index (χ3v) is 3.33. The fourth-order valence-corrected chi connectivity index (χ4v) is 2.28. The first-order chi connectivity index (χ1) is 8.15. The molecule has 3 nitrogen and oxygen atoms in total. The maximum Gasteiger partial charge on any atom is 0.261 e. The van der Waals surface area contributed by atoms with Crippen molar-refractivity contribution < 1.29 is 9.90 Å². The summed E-state index contributed by atoms with van der Waals surface area (Å²) in [6, 6.07) is 10.6. The lowest BCUT2D eigenvalue weighted by molar-refractivity contribution is 0.0955. The number of carbonyl (C=O) groups is 1. The molecule has 1 aromatic heterocycles. The van der Waals surface area contributed by atoms with Gasteiger partial charge >= 0.3 is 0 Å². The fourth-order valence-electron chi connectivity index (χ4n) is 1.49. The van der Waals surface area contributed by atoms with Gasteiger partial charge in [0.15, 0.2) is 0 Å². The van der Waals surface area contributed by atoms with Crippen LogP contribution in [-0.2, 0) is 6.54 Å². The number of aromatic hydroxyl groups is 1. The van der Waals surface area contributed by atoms with Crippen LogP contribution in [0.25, 0.3) is 0 Å². The molecule has 0 spiro atoms. The lowest BCUT2D eigenvalue weighted by Gasteiger charge is -2.04. The maximum atomic E-state index is 11.8. The standard InChI is InChI=1S/C13H13NO2S/c1-9-5-6-12(17-9)13(16)14-8-10-3-2-4-11(15)7-10/h2-7,15H,8H2,1H3,(H,14,16). The van der Waals surface area contributed by atoms with Gasteiger partial charge in [0.2, 0.25) is 0 Å². The van der Waals surface area contributed by atoms with Crippen molar-refractivity contribution in [1.29, 1.82) is 0 Å². The van der Waals surface area contributed by atoms with E-state index in [4.69, 9.17) is 0 Å². The van der Waals surface area contributed by atoms with Gasteiger partial charge in [-0.25, -0.2) is 0 Å². The summed E-state index contributed by atoms with van der Waals surface area (Å²) >= 11 is 1.47. The summed E-state index contributed by atoms with van der Waals surface area (Å²) in [6.45, 7) is 2.39. The average molecular weight is 247 g/mol. The Morgan fingerprint density at radius 1 is 1.35 bits per heavy atom. The van der Waals surface area contributed by atoms with Gasteiger partial charge in [-0.15, -0.1) is 11.3 Å². The van der Waals surface area contributed by atoms with E-state index in [1.165, 1.54) is 11.3 Å². The summed E-state index contributed by atoms with van der Waals surface area (Å²) < 4.78 is 0. The molecule has 1 heterocycles. The molecule has 0 aliphatic heterocycles. The molecule has 2 aromatic rings. The number of carbonyl (C=O) groups excluding carboxylic acids is 1. The number of phenolic OH excluding ortho intramolecular Hbond substituents is 1. The summed E-state index contributed by atoms with van der Waals surface area (Å²) in [5.41, 5.74) is 0.881. The fraction of sp³-hybridized carbons (Fsp3) is 0.154. The SMILES string of the molecule is Cc1ccc(C(=O)NCc2cccc(O)c2)s1. The van der Waals surface area contributed by atoms with Gasteiger partial charge in [-0.05, 0) is 36.8 Å². The van der Waals surface area contributed by atoms with Gasteiger partial charge in [0, 0.05) is 11.4 Å². The third-order valence-electron chi connectivity index (χ3n) is 2.33. The maximum absolute atomic E-state index is 11.8. The highest BCUT2D eigenvalue weighted by Crippen LogP contribution is 2.15. The van der Waals surface area contributed by atoms with Crippen LogP contribution >= 0.6 is 11.3 Å². The molecule has 0 saturated carbocycles. The van der Waals surface area contributed by atoms with E-state index in [1.807, 2.05) is 25.1 Å². The molecule has 0 unspecified atom stereocenters. The lowest BCUT2D eigenvalue weighted by atomic mass is 10.2. The molecule has 1 aromatic carbocycles. The van der Waals surface area contributed by atoms with Crippen LogP contribution in [0.2, 0.25) is 0 Å². The molecule has 0 aliphatic rings. The van der Waals surface area contributed by atoms with E-state index < -0.39 is 0 Å². The highest BCUT2D eigenvalue weighted by Gasteiger charge is 2.07. The minimum Gasteiger partial charge on any atom is -0.508 e. The van der Waals surface area contributed by atoms with Crippen LogP contribution in [-0.4, -0.2) is 11.0 Å². The normalized spacial score (nSPS) is 10.2. The van der Waals surface area contributed by atoms with Gasteiger partial charge in [-0.3, -0.25) is 4.79 Å². The third kappa shape index (κ3) is 3.07. The molecule has 0 atom stereocenters. The number of rotatable bonds is 3. The number of hydrogen-bond acceptors (Lipinski definition) is 3. The van der Waals surface area contributed by atoms with E-state index in [0.29, 0.717) is 11.4 Å². The van der Waals surface area contributed by atoms with Crippen LogP contribution in [0.3, 0.4) is 0 Å². The first kappa shape index (κ1) is 11.7. The summed E-state index contributed by atoms with van der Waals surface area (Å²) in [5.74, 6) is 0.134. The first-order valence-corrected chi connectivity index (χ1v) is 6.09. The van der Waals surface area contributed by atoms with Crippen molar-refractivity contribution in [3.05, 3.63) is 51.7 Å². The highest BCUT2D eigenvalue weighted by molar-refractivity contribution is 7.13. The van der Waals surface area contributed by atoms with Gasteiger partial charge < -0.3 is 10.4 Å². The molecule has 0 radical (unpaired) electrons. The van der Waals surface area contributed by atoms with Crippen LogP contribution in [0.1, 0.15) is 20.1 Å². The second kappa shape index (κ2) is 5.01. The van der Waals surface area contributed by atoms with E-state index in [1.54, 1.807) is 18.2 Å². The number of nitrogens with one attached hydrogen (secondary N) is 1. The monoisotopic (exact) mass is 247 g/mol. The van der Waals surface area contributed by atoms with Crippen LogP contribution in [0.4, 0.5) is 0 Å². The number of thiophene rings is 1. The van der Waals surface area contributed by atoms with Crippen molar-refractivity contribution in [3.63, 3.8) is 0 Å². The Hall–Kier alpha value is -1.81. The predicted octanol–water partition coefficient (Wildman–Crippen LogP) is 2.69. The average Bonchev–Trinajstić information content (AvgIpc) is 2.73. The molecule has 4 heteroatoms. The van der Waals surface area contributed by atoms with Crippen molar-refractivity contribution in [2.75, 3.05) is 0 Å². The van der Waals surface area contributed by atoms with Crippen LogP contribution in [0, 0.1) is 6.92 Å². The number of aryl methyl sites for hydroxylation is 1. The number of amides is 1. The quantitative estimate of drug-likeness (QED) is 0.876. The highest BCUT2D eigenvalue weighted by atomic mass is 32.1. The molecule has 1 amide bonds. The largest absolute Gasteiger partial charge is 0.508 e. The van der Waals surface area contributed by atoms with E-state index in [9.17, 15) is 9.90 Å². The van der Waals surface area contributed by atoms with Crippen molar-refractivity contribution in [2.45, 2.75) is 13.5 Å². The molecule has 2 N–H and O–H groups in total. The molecule has 0 aliphatic carbocycles. The number of phenols is 1. The van der Waals surface area contributed by atoms with Crippen molar-refractivity contribution in [3.8, 4) is 5.75 Å². The molecular formula is C13H13NO2S. The van der Waals surface area contributed by atoms with Gasteiger partial charge in [-0.1, -0.05) is 12.1 Å². The number of hydrogen-bond donors (Lipinski definition) is 2. The molecule has 0 saturated heterocycles. The molecular weight excluding hydrogens is 234 g/mol. The van der Waals surface area contributed by atoms with Crippen molar-refractivity contribution >= 4 is 17.2 Å². The lowest BCUT2D eigenvalue weighted by Crippen LogP contribution is -2.21. The van der Waals surface area contributed by atoms with Crippen molar-refractivity contribution in [1.82, 2.24) is 5.32 Å². The van der Waals surface area contributed by atoms with Gasteiger partial charge in [0.25, 0.3) is 5.91 Å².